The molecule has 0 saturated carbocycles. The first-order valence-electron chi connectivity index (χ1n) is 6.91. The summed E-state index contributed by atoms with van der Waals surface area (Å²) in [7, 11) is 0. The molecule has 3 aromatic rings. The van der Waals surface area contributed by atoms with Gasteiger partial charge in [0.05, 0.1) is 16.2 Å². The van der Waals surface area contributed by atoms with Crippen molar-refractivity contribution in [1.82, 2.24) is 4.57 Å². The fourth-order valence-electron chi connectivity index (χ4n) is 2.69. The van der Waals surface area contributed by atoms with Crippen LogP contribution in [0.25, 0.3) is 27.7 Å². The van der Waals surface area contributed by atoms with Crippen LogP contribution < -0.4 is 0 Å². The fourth-order valence-corrected chi connectivity index (χ4v) is 2.88. The highest BCUT2D eigenvalue weighted by Crippen LogP contribution is 2.35. The van der Waals surface area contributed by atoms with Gasteiger partial charge in [0, 0.05) is 16.6 Å². The number of para-hydroxylation sites is 2. The van der Waals surface area contributed by atoms with Gasteiger partial charge in [0.25, 0.3) is 0 Å². The Kier molecular flexibility index (Phi) is 3.68. The first kappa shape index (κ1) is 13.7. The lowest BCUT2D eigenvalue weighted by Crippen LogP contribution is -1.98. The van der Waals surface area contributed by atoms with Crippen LogP contribution in [-0.4, -0.2) is 4.57 Å². The van der Waals surface area contributed by atoms with E-state index in [1.807, 2.05) is 49.4 Å². The van der Waals surface area contributed by atoms with Gasteiger partial charge in [0.15, 0.2) is 0 Å². The summed E-state index contributed by atoms with van der Waals surface area (Å²) in [5.41, 5.74) is 4.28. The molecule has 0 saturated heterocycles. The van der Waals surface area contributed by atoms with E-state index >= 15 is 0 Å². The molecule has 2 aromatic carbocycles. The summed E-state index contributed by atoms with van der Waals surface area (Å²) in [6.45, 7) is 5.91. The average molecular weight is 294 g/mol. The smallest absolute Gasteiger partial charge is 0.0723 e. The van der Waals surface area contributed by atoms with Crippen molar-refractivity contribution in [3.05, 3.63) is 78.5 Å². The first-order valence-corrected chi connectivity index (χ1v) is 7.29. The van der Waals surface area contributed by atoms with Crippen LogP contribution in [0.5, 0.6) is 0 Å². The van der Waals surface area contributed by atoms with Crippen LogP contribution in [0.15, 0.2) is 67.3 Å². The number of allylic oxidation sites excluding steroid dienone is 1. The minimum atomic E-state index is 0.727. The number of halogens is 1. The summed E-state index contributed by atoms with van der Waals surface area (Å²) in [4.78, 5) is 0. The first-order chi connectivity index (χ1) is 10.3. The van der Waals surface area contributed by atoms with E-state index in [0.29, 0.717) is 0 Å². The van der Waals surface area contributed by atoms with Crippen LogP contribution in [0.2, 0.25) is 0 Å². The van der Waals surface area contributed by atoms with Gasteiger partial charge in [-0.05, 0) is 25.1 Å². The molecule has 2 heteroatoms. The molecule has 0 aliphatic rings. The molecule has 0 radical (unpaired) electrons. The third-order valence-corrected chi connectivity index (χ3v) is 4.01. The molecule has 0 spiro atoms. The standard InChI is InChI=1S/C19H16ClN/c1-3-15-16-12-8-9-13-18(16)21(19(15)17(20)4-2)14-10-6-5-7-11-14/h3-13H,1H2,2H3/b17-4+. The molecule has 0 aliphatic carbocycles. The molecule has 0 N–H and O–H groups in total. The molecule has 0 atom stereocenters. The van der Waals surface area contributed by atoms with Gasteiger partial charge in [-0.15, -0.1) is 0 Å². The van der Waals surface area contributed by atoms with E-state index in [0.717, 1.165) is 32.9 Å². The zero-order chi connectivity index (χ0) is 14.8. The second-order valence-corrected chi connectivity index (χ2v) is 5.20. The Labute approximate surface area is 129 Å². The lowest BCUT2D eigenvalue weighted by molar-refractivity contribution is 1.10. The molecule has 104 valence electrons. The summed E-state index contributed by atoms with van der Waals surface area (Å²) in [5, 5.41) is 1.89. The third kappa shape index (κ3) is 2.20. The fraction of sp³-hybridized carbons (Fsp3) is 0.0526. The van der Waals surface area contributed by atoms with Gasteiger partial charge in [0.1, 0.15) is 0 Å². The molecule has 1 heterocycles. The van der Waals surface area contributed by atoms with E-state index in [4.69, 9.17) is 11.6 Å². The molecule has 21 heavy (non-hydrogen) atoms. The number of nitrogens with zero attached hydrogens (tertiary/aromatic N) is 1. The summed E-state index contributed by atoms with van der Waals surface area (Å²) < 4.78 is 2.19. The SMILES string of the molecule is C=Cc1c(/C(Cl)=C\C)n(-c2ccccc2)c2ccccc12. The molecule has 3 rings (SSSR count). The van der Waals surface area contributed by atoms with Gasteiger partial charge < -0.3 is 4.57 Å². The average Bonchev–Trinajstić information content (AvgIpc) is 2.89. The Hall–Kier alpha value is -2.25. The number of benzene rings is 2. The number of hydrogen-bond donors (Lipinski definition) is 0. The van der Waals surface area contributed by atoms with Crippen molar-refractivity contribution in [3.8, 4) is 5.69 Å². The van der Waals surface area contributed by atoms with E-state index in [2.05, 4.69) is 35.4 Å². The molecule has 0 fully saturated rings. The maximum absolute atomic E-state index is 6.49. The van der Waals surface area contributed by atoms with Crippen molar-refractivity contribution in [2.75, 3.05) is 0 Å². The number of fused-ring (bicyclic) bond motifs is 1. The summed E-state index contributed by atoms with van der Waals surface area (Å²) in [6, 6.07) is 18.6. The summed E-state index contributed by atoms with van der Waals surface area (Å²) in [6.07, 6.45) is 3.80. The van der Waals surface area contributed by atoms with Crippen LogP contribution in [-0.2, 0) is 0 Å². The predicted octanol–water partition coefficient (Wildman–Crippen LogP) is 5.87. The molecular formula is C19H16ClN. The topological polar surface area (TPSA) is 4.93 Å². The molecule has 1 nitrogen and oxygen atoms in total. The van der Waals surface area contributed by atoms with Gasteiger partial charge in [-0.2, -0.15) is 0 Å². The number of hydrogen-bond acceptors (Lipinski definition) is 0. The van der Waals surface area contributed by atoms with Crippen LogP contribution in [0.3, 0.4) is 0 Å². The number of aromatic nitrogens is 1. The van der Waals surface area contributed by atoms with E-state index < -0.39 is 0 Å². The van der Waals surface area contributed by atoms with Crippen molar-refractivity contribution < 1.29 is 0 Å². The second kappa shape index (κ2) is 5.63. The maximum atomic E-state index is 6.49. The Morgan fingerprint density at radius 3 is 2.38 bits per heavy atom. The maximum Gasteiger partial charge on any atom is 0.0723 e. The second-order valence-electron chi connectivity index (χ2n) is 4.79. The Morgan fingerprint density at radius 2 is 1.71 bits per heavy atom. The van der Waals surface area contributed by atoms with Crippen LogP contribution in [0.4, 0.5) is 0 Å². The third-order valence-electron chi connectivity index (χ3n) is 3.61. The quantitative estimate of drug-likeness (QED) is 0.569. The van der Waals surface area contributed by atoms with Crippen molar-refractivity contribution in [1.29, 1.82) is 0 Å². The summed E-state index contributed by atoms with van der Waals surface area (Å²) >= 11 is 6.49. The monoisotopic (exact) mass is 293 g/mol. The van der Waals surface area contributed by atoms with E-state index in [-0.39, 0.29) is 0 Å². The number of rotatable bonds is 3. The van der Waals surface area contributed by atoms with Crippen molar-refractivity contribution in [2.45, 2.75) is 6.92 Å². The lowest BCUT2D eigenvalue weighted by Gasteiger charge is -2.11. The highest BCUT2D eigenvalue weighted by atomic mass is 35.5. The van der Waals surface area contributed by atoms with Crippen molar-refractivity contribution in [2.24, 2.45) is 0 Å². The molecule has 0 amide bonds. The minimum absolute atomic E-state index is 0.727. The molecular weight excluding hydrogens is 278 g/mol. The Bertz CT molecular complexity index is 825. The van der Waals surface area contributed by atoms with Gasteiger partial charge in [-0.3, -0.25) is 0 Å². The Morgan fingerprint density at radius 1 is 1.05 bits per heavy atom. The zero-order valence-electron chi connectivity index (χ0n) is 11.9. The predicted molar refractivity (Wildman–Crippen MR) is 92.9 cm³/mol. The highest BCUT2D eigenvalue weighted by Gasteiger charge is 2.17. The highest BCUT2D eigenvalue weighted by molar-refractivity contribution is 6.49. The van der Waals surface area contributed by atoms with E-state index in [9.17, 15) is 0 Å². The summed E-state index contributed by atoms with van der Waals surface area (Å²) in [5.74, 6) is 0. The molecule has 1 aromatic heterocycles. The van der Waals surface area contributed by atoms with Crippen LogP contribution >= 0.6 is 11.6 Å². The minimum Gasteiger partial charge on any atom is -0.308 e. The van der Waals surface area contributed by atoms with Crippen LogP contribution in [0.1, 0.15) is 18.2 Å². The van der Waals surface area contributed by atoms with Crippen LogP contribution in [0, 0.1) is 0 Å². The van der Waals surface area contributed by atoms with Crippen molar-refractivity contribution >= 4 is 33.6 Å². The molecule has 0 bridgehead atoms. The molecule has 0 unspecified atom stereocenters. The van der Waals surface area contributed by atoms with E-state index in [1.54, 1.807) is 0 Å². The van der Waals surface area contributed by atoms with Crippen molar-refractivity contribution in [3.63, 3.8) is 0 Å². The molecule has 0 aliphatic heterocycles. The largest absolute Gasteiger partial charge is 0.308 e. The van der Waals surface area contributed by atoms with Gasteiger partial charge >= 0.3 is 0 Å². The normalized spacial score (nSPS) is 11.8. The zero-order valence-corrected chi connectivity index (χ0v) is 12.6. The van der Waals surface area contributed by atoms with E-state index in [1.165, 1.54) is 0 Å². The lowest BCUT2D eigenvalue weighted by atomic mass is 10.1. The van der Waals surface area contributed by atoms with Gasteiger partial charge in [0.2, 0.25) is 0 Å². The van der Waals surface area contributed by atoms with Gasteiger partial charge in [-0.25, -0.2) is 0 Å². The Balaban J connectivity index is 2.49. The van der Waals surface area contributed by atoms with Gasteiger partial charge in [-0.1, -0.05) is 66.7 Å².